The van der Waals surface area contributed by atoms with E-state index in [0.717, 1.165) is 5.56 Å². The second-order valence-corrected chi connectivity index (χ2v) is 16.3. The van der Waals surface area contributed by atoms with Crippen molar-refractivity contribution in [3.63, 3.8) is 0 Å². The first-order chi connectivity index (χ1) is 24.3. The van der Waals surface area contributed by atoms with Crippen molar-refractivity contribution in [2.24, 2.45) is 28.4 Å². The van der Waals surface area contributed by atoms with Crippen molar-refractivity contribution in [1.29, 1.82) is 0 Å². The van der Waals surface area contributed by atoms with Crippen LogP contribution in [0.3, 0.4) is 0 Å². The number of primary amides is 1. The van der Waals surface area contributed by atoms with Gasteiger partial charge in [-0.05, 0) is 82.2 Å². The molecule has 11 nitrogen and oxygen atoms in total. The number of hydrogen-bond acceptors (Lipinski definition) is 10. The normalized spacial score (nSPS) is 31.9. The highest BCUT2D eigenvalue weighted by molar-refractivity contribution is 5.94. The lowest BCUT2D eigenvalue weighted by atomic mass is 9.47. The average Bonchev–Trinajstić information content (AvgIpc) is 3.05. The number of rotatable bonds is 6. The molecule has 1 saturated heterocycles. The third kappa shape index (κ3) is 7.68. The molecule has 3 fully saturated rings. The van der Waals surface area contributed by atoms with E-state index in [1.807, 2.05) is 44.2 Å². The highest BCUT2D eigenvalue weighted by atomic mass is 16.6. The molecule has 0 spiro atoms. The number of fused-ring (bicyclic) bond motifs is 5. The molecule has 2 aromatic carbocycles. The van der Waals surface area contributed by atoms with Gasteiger partial charge in [0.15, 0.2) is 5.78 Å². The minimum absolute atomic E-state index is 0.0527. The van der Waals surface area contributed by atoms with E-state index in [2.05, 4.69) is 4.74 Å². The maximum Gasteiger partial charge on any atom is 0.405 e. The number of carbonyl (C=O) groups is 4. The van der Waals surface area contributed by atoms with Gasteiger partial charge in [0.05, 0.1) is 29.3 Å². The van der Waals surface area contributed by atoms with Crippen LogP contribution < -0.4 is 5.73 Å². The topological polar surface area (TPSA) is 172 Å². The van der Waals surface area contributed by atoms with Crippen molar-refractivity contribution in [2.75, 3.05) is 6.61 Å². The van der Waals surface area contributed by atoms with Gasteiger partial charge in [0, 0.05) is 30.6 Å². The van der Waals surface area contributed by atoms with Gasteiger partial charge in [-0.25, -0.2) is 9.59 Å². The Bertz CT molecular complexity index is 1680. The molecule has 2 saturated carbocycles. The van der Waals surface area contributed by atoms with E-state index in [4.69, 9.17) is 19.9 Å². The van der Waals surface area contributed by atoms with Gasteiger partial charge < -0.3 is 34.9 Å². The number of carbonyl (C=O) groups excluding carboxylic acids is 4. The van der Waals surface area contributed by atoms with Gasteiger partial charge in [-0.15, -0.1) is 0 Å². The minimum Gasteiger partial charge on any atom is -0.458 e. The molecular weight excluding hydrogens is 666 g/mol. The van der Waals surface area contributed by atoms with Crippen LogP contribution in [0.4, 0.5) is 4.79 Å². The van der Waals surface area contributed by atoms with Crippen LogP contribution in [0.2, 0.25) is 0 Å². The number of amides is 1. The highest BCUT2D eigenvalue weighted by Gasteiger charge is 2.68. The summed E-state index contributed by atoms with van der Waals surface area (Å²) in [6.45, 7) is 12.9. The third-order valence-electron chi connectivity index (χ3n) is 11.7. The summed E-state index contributed by atoms with van der Waals surface area (Å²) in [6.07, 6.45) is -2.83. The number of aliphatic hydroxyl groups excluding tert-OH is 1. The molecule has 0 aromatic heterocycles. The van der Waals surface area contributed by atoms with Crippen LogP contribution in [-0.4, -0.2) is 76.3 Å². The van der Waals surface area contributed by atoms with Crippen LogP contribution in [0.5, 0.6) is 0 Å². The maximum atomic E-state index is 14.6. The highest BCUT2D eigenvalue weighted by Crippen LogP contribution is 2.61. The van der Waals surface area contributed by atoms with Crippen molar-refractivity contribution in [3.8, 4) is 0 Å². The van der Waals surface area contributed by atoms with Crippen LogP contribution >= 0.6 is 0 Å². The Labute approximate surface area is 305 Å². The SMILES string of the molecule is CC(C)(C)OC(N)=O.CC1=C2C(O)C(=O)C3(C)C(OC(=O)c4ccccc4)CC4OC[C@H]4C3CC(O)(C[C@@H]1OC(=O)CCc1ccccc1)C2(C)C. The van der Waals surface area contributed by atoms with Gasteiger partial charge >= 0.3 is 18.0 Å². The Hall–Kier alpha value is -4.06. The lowest BCUT2D eigenvalue weighted by Crippen LogP contribution is -2.69. The Balaban J connectivity index is 0.000000587. The fraction of sp³-hybridized carbons (Fsp3) is 0.561. The standard InChI is InChI=1S/C36H42O8.C5H11NO2/c1-21-27(43-29(37)16-15-22-11-7-5-8-12-22)19-36(41)18-25-24-20-42-26(24)17-28(44-33(40)23-13-9-6-10-14-23)35(25,4)32(39)31(38)30(21)34(36,2)3;1-5(2,3)8-4(6)7/h5-14,24-28,31,38,41H,15-20H2,1-4H3;1-3H3,(H2,6,7)/t24-,25?,26?,27-,28?,31?,35?,36?;/m0./s1. The number of esters is 2. The molecule has 11 heteroatoms. The van der Waals surface area contributed by atoms with Crippen molar-refractivity contribution >= 4 is 23.8 Å². The smallest absolute Gasteiger partial charge is 0.405 e. The Morgan fingerprint density at radius 3 is 2.12 bits per heavy atom. The zero-order valence-corrected chi connectivity index (χ0v) is 31.2. The molecule has 6 unspecified atom stereocenters. The molecule has 1 heterocycles. The monoisotopic (exact) mass is 719 g/mol. The molecule has 4 aliphatic rings. The molecule has 0 radical (unpaired) electrons. The van der Waals surface area contributed by atoms with Gasteiger partial charge in [0.2, 0.25) is 0 Å². The van der Waals surface area contributed by atoms with E-state index < -0.39 is 70.1 Å². The molecule has 52 heavy (non-hydrogen) atoms. The first-order valence-electron chi connectivity index (χ1n) is 18.0. The quantitative estimate of drug-likeness (QED) is 0.197. The summed E-state index contributed by atoms with van der Waals surface area (Å²) in [4.78, 5) is 50.9. The Kier molecular flexibility index (Phi) is 11.1. The number of Topliss-reactive ketones (excluding diaryl/α,β-unsaturated/α-hetero) is 1. The van der Waals surface area contributed by atoms with Crippen molar-refractivity contribution in [3.05, 3.63) is 82.9 Å². The molecular formula is C41H53NO10. The van der Waals surface area contributed by atoms with E-state index in [0.29, 0.717) is 36.2 Å². The molecule has 1 amide bonds. The summed E-state index contributed by atoms with van der Waals surface area (Å²) in [5.41, 5.74) is 2.91. The van der Waals surface area contributed by atoms with Crippen LogP contribution in [0, 0.1) is 22.7 Å². The van der Waals surface area contributed by atoms with Gasteiger partial charge in [0.1, 0.15) is 23.9 Å². The first-order valence-corrected chi connectivity index (χ1v) is 18.0. The summed E-state index contributed by atoms with van der Waals surface area (Å²) >= 11 is 0. The van der Waals surface area contributed by atoms with Gasteiger partial charge in [-0.2, -0.15) is 0 Å². The molecule has 4 N–H and O–H groups in total. The summed E-state index contributed by atoms with van der Waals surface area (Å²) < 4.78 is 22.5. The average molecular weight is 720 g/mol. The van der Waals surface area contributed by atoms with Gasteiger partial charge in [-0.3, -0.25) is 9.59 Å². The van der Waals surface area contributed by atoms with E-state index in [1.54, 1.807) is 65.0 Å². The summed E-state index contributed by atoms with van der Waals surface area (Å²) in [7, 11) is 0. The largest absolute Gasteiger partial charge is 0.458 e. The van der Waals surface area contributed by atoms with E-state index >= 15 is 0 Å². The molecule has 2 bridgehead atoms. The Morgan fingerprint density at radius 1 is 0.962 bits per heavy atom. The lowest BCUT2D eigenvalue weighted by molar-refractivity contribution is -0.243. The van der Waals surface area contributed by atoms with Crippen LogP contribution in [0.15, 0.2) is 71.8 Å². The second-order valence-electron chi connectivity index (χ2n) is 16.3. The predicted octanol–water partition coefficient (Wildman–Crippen LogP) is 5.49. The van der Waals surface area contributed by atoms with Crippen LogP contribution in [0.1, 0.15) is 90.1 Å². The van der Waals surface area contributed by atoms with Crippen molar-refractivity contribution in [1.82, 2.24) is 0 Å². The number of hydrogen-bond donors (Lipinski definition) is 3. The molecule has 8 atom stereocenters. The fourth-order valence-corrected chi connectivity index (χ4v) is 8.61. The molecule has 2 aromatic rings. The number of ketones is 1. The van der Waals surface area contributed by atoms with E-state index in [9.17, 15) is 29.4 Å². The molecule has 1 aliphatic heterocycles. The first kappa shape index (κ1) is 39.2. The van der Waals surface area contributed by atoms with Crippen molar-refractivity contribution in [2.45, 2.75) is 116 Å². The van der Waals surface area contributed by atoms with Crippen molar-refractivity contribution < 1.29 is 48.3 Å². The molecule has 282 valence electrons. The third-order valence-corrected chi connectivity index (χ3v) is 11.7. The van der Waals surface area contributed by atoms with Crippen LogP contribution in [0.25, 0.3) is 0 Å². The van der Waals surface area contributed by atoms with Crippen LogP contribution in [-0.2, 0) is 35.0 Å². The summed E-state index contributed by atoms with van der Waals surface area (Å²) in [5, 5.41) is 24.5. The molecule has 3 aliphatic carbocycles. The summed E-state index contributed by atoms with van der Waals surface area (Å²) in [5.74, 6) is -1.89. The lowest BCUT2D eigenvalue weighted by Gasteiger charge is -2.62. The zero-order chi connectivity index (χ0) is 38.2. The summed E-state index contributed by atoms with van der Waals surface area (Å²) in [6, 6.07) is 18.3. The predicted molar refractivity (Wildman–Crippen MR) is 192 cm³/mol. The number of ether oxygens (including phenoxy) is 4. The number of aliphatic hydroxyl groups is 2. The molecule has 6 rings (SSSR count). The second kappa shape index (κ2) is 14.8. The van der Waals surface area contributed by atoms with Gasteiger partial charge in [0.25, 0.3) is 0 Å². The van der Waals surface area contributed by atoms with E-state index in [1.165, 1.54) is 0 Å². The number of nitrogens with two attached hydrogens (primary N) is 1. The van der Waals surface area contributed by atoms with Gasteiger partial charge in [-0.1, -0.05) is 62.4 Å². The Morgan fingerprint density at radius 2 is 1.58 bits per heavy atom. The number of aryl methyl sites for hydroxylation is 1. The van der Waals surface area contributed by atoms with E-state index in [-0.39, 0.29) is 31.3 Å². The fourth-order valence-electron chi connectivity index (χ4n) is 8.61. The zero-order valence-electron chi connectivity index (χ0n) is 31.2. The maximum absolute atomic E-state index is 14.6. The number of benzene rings is 2. The minimum atomic E-state index is -1.58.